The van der Waals surface area contributed by atoms with Gasteiger partial charge in [0.15, 0.2) is 5.78 Å². The van der Waals surface area contributed by atoms with Gasteiger partial charge in [0.2, 0.25) is 0 Å². The molecule has 16 heavy (non-hydrogen) atoms. The summed E-state index contributed by atoms with van der Waals surface area (Å²) in [6.07, 6.45) is 3.79. The number of rotatable bonds is 0. The highest BCUT2D eigenvalue weighted by Crippen LogP contribution is 2.39. The van der Waals surface area contributed by atoms with E-state index in [1.54, 1.807) is 0 Å². The van der Waals surface area contributed by atoms with Crippen LogP contribution in [-0.4, -0.2) is 18.0 Å². The van der Waals surface area contributed by atoms with Crippen LogP contribution in [0.15, 0.2) is 30.3 Å². The quantitative estimate of drug-likeness (QED) is 0.663. The maximum absolute atomic E-state index is 12.4. The van der Waals surface area contributed by atoms with Gasteiger partial charge in [-0.25, -0.2) is 0 Å². The number of ether oxygens (including phenoxy) is 1. The first-order chi connectivity index (χ1) is 7.73. The lowest BCUT2D eigenvalue weighted by Gasteiger charge is -2.29. The van der Waals surface area contributed by atoms with Crippen molar-refractivity contribution in [3.8, 4) is 0 Å². The highest BCUT2D eigenvalue weighted by Gasteiger charge is 2.44. The fraction of sp³-hybridized carbons (Fsp3) is 0.357. The zero-order valence-electron chi connectivity index (χ0n) is 9.32. The third-order valence-corrected chi connectivity index (χ3v) is 3.48. The average Bonchev–Trinajstić information content (AvgIpc) is 2.76. The van der Waals surface area contributed by atoms with Crippen molar-refractivity contribution >= 4 is 11.4 Å². The normalized spacial score (nSPS) is 28.1. The molecule has 82 valence electrons. The molecule has 1 aliphatic heterocycles. The fourth-order valence-corrected chi connectivity index (χ4v) is 2.70. The molecule has 2 aliphatic rings. The van der Waals surface area contributed by atoms with Crippen LogP contribution in [0.5, 0.6) is 0 Å². The van der Waals surface area contributed by atoms with E-state index < -0.39 is 5.60 Å². The van der Waals surface area contributed by atoms with Gasteiger partial charge >= 0.3 is 0 Å². The summed E-state index contributed by atoms with van der Waals surface area (Å²) in [5.41, 5.74) is 2.36. The maximum atomic E-state index is 12.4. The number of hydrogen-bond acceptors (Lipinski definition) is 2. The van der Waals surface area contributed by atoms with Crippen molar-refractivity contribution in [3.05, 3.63) is 41.5 Å². The molecule has 1 fully saturated rings. The number of hydrogen-bond donors (Lipinski definition) is 0. The van der Waals surface area contributed by atoms with E-state index in [2.05, 4.69) is 6.92 Å². The lowest BCUT2D eigenvalue weighted by atomic mass is 9.80. The van der Waals surface area contributed by atoms with E-state index in [0.717, 1.165) is 29.5 Å². The lowest BCUT2D eigenvalue weighted by molar-refractivity contribution is 0.0350. The molecule has 2 nitrogen and oxygen atoms in total. The van der Waals surface area contributed by atoms with Crippen LogP contribution >= 0.6 is 0 Å². The number of carbonyl (C=O) groups excluding carboxylic acids is 1. The van der Waals surface area contributed by atoms with E-state index >= 15 is 0 Å². The molecular weight excluding hydrogens is 200 g/mol. The van der Waals surface area contributed by atoms with Crippen LogP contribution in [0, 0.1) is 0 Å². The third kappa shape index (κ3) is 1.20. The smallest absolute Gasteiger partial charge is 0.199 e. The van der Waals surface area contributed by atoms with Crippen molar-refractivity contribution in [2.75, 3.05) is 6.61 Å². The van der Waals surface area contributed by atoms with E-state index in [-0.39, 0.29) is 5.78 Å². The number of Topliss-reactive ketones (excluding diaryl/α,β-unsaturated/α-hetero) is 1. The molecule has 1 saturated heterocycles. The van der Waals surface area contributed by atoms with Gasteiger partial charge in [0.1, 0.15) is 5.60 Å². The summed E-state index contributed by atoms with van der Waals surface area (Å²) in [6.45, 7) is 2.74. The van der Waals surface area contributed by atoms with Crippen molar-refractivity contribution in [2.24, 2.45) is 0 Å². The van der Waals surface area contributed by atoms with Gasteiger partial charge in [-0.2, -0.15) is 0 Å². The third-order valence-electron chi connectivity index (χ3n) is 3.48. The van der Waals surface area contributed by atoms with E-state index in [1.165, 1.54) is 0 Å². The van der Waals surface area contributed by atoms with Gasteiger partial charge < -0.3 is 4.74 Å². The standard InChI is InChI=1S/C14H14O2/c1-10-9-14(7-4-8-16-14)13(15)12-6-3-2-5-11(10)12/h2-3,5-6,9H,4,7-8H2,1H3. The topological polar surface area (TPSA) is 26.3 Å². The van der Waals surface area contributed by atoms with Gasteiger partial charge in [0.05, 0.1) is 0 Å². The first-order valence-electron chi connectivity index (χ1n) is 5.71. The summed E-state index contributed by atoms with van der Waals surface area (Å²) < 4.78 is 5.70. The Hall–Kier alpha value is -1.41. The Labute approximate surface area is 94.9 Å². The van der Waals surface area contributed by atoms with Crippen molar-refractivity contribution < 1.29 is 9.53 Å². The predicted molar refractivity (Wildman–Crippen MR) is 62.3 cm³/mol. The fourth-order valence-electron chi connectivity index (χ4n) is 2.70. The van der Waals surface area contributed by atoms with Crippen LogP contribution < -0.4 is 0 Å². The highest BCUT2D eigenvalue weighted by molar-refractivity contribution is 6.10. The first-order valence-corrected chi connectivity index (χ1v) is 5.71. The van der Waals surface area contributed by atoms with Crippen LogP contribution in [0.2, 0.25) is 0 Å². The minimum absolute atomic E-state index is 0.131. The molecule has 2 heteroatoms. The Kier molecular flexibility index (Phi) is 2.01. The van der Waals surface area contributed by atoms with Crippen molar-refractivity contribution in [1.29, 1.82) is 0 Å². The molecule has 3 rings (SSSR count). The van der Waals surface area contributed by atoms with E-state index in [4.69, 9.17) is 4.74 Å². The molecule has 0 radical (unpaired) electrons. The molecule has 1 aromatic carbocycles. The second-order valence-electron chi connectivity index (χ2n) is 4.54. The molecule has 0 saturated carbocycles. The minimum atomic E-state index is -0.654. The van der Waals surface area contributed by atoms with Crippen LogP contribution in [0.4, 0.5) is 0 Å². The molecule has 0 N–H and O–H groups in total. The monoisotopic (exact) mass is 214 g/mol. The van der Waals surface area contributed by atoms with Crippen LogP contribution in [-0.2, 0) is 4.74 Å². The van der Waals surface area contributed by atoms with Gasteiger partial charge in [0.25, 0.3) is 0 Å². The number of allylic oxidation sites excluding steroid dienone is 1. The number of ketones is 1. The largest absolute Gasteiger partial charge is 0.363 e. The molecule has 0 amide bonds. The summed E-state index contributed by atoms with van der Waals surface area (Å²) in [4.78, 5) is 12.4. The average molecular weight is 214 g/mol. The maximum Gasteiger partial charge on any atom is 0.199 e. The molecule has 0 aromatic heterocycles. The lowest BCUT2D eigenvalue weighted by Crippen LogP contribution is -2.38. The predicted octanol–water partition coefficient (Wildman–Crippen LogP) is 2.84. The van der Waals surface area contributed by atoms with Gasteiger partial charge in [-0.15, -0.1) is 0 Å². The molecule has 1 atom stereocenters. The molecule has 0 bridgehead atoms. The number of fused-ring (bicyclic) bond motifs is 1. The Morgan fingerprint density at radius 3 is 2.69 bits per heavy atom. The molecule has 1 unspecified atom stereocenters. The van der Waals surface area contributed by atoms with Crippen LogP contribution in [0.1, 0.15) is 35.7 Å². The molecular formula is C14H14O2. The van der Waals surface area contributed by atoms with Crippen LogP contribution in [0.25, 0.3) is 5.57 Å². The van der Waals surface area contributed by atoms with Crippen molar-refractivity contribution in [1.82, 2.24) is 0 Å². The molecule has 1 heterocycles. The molecule has 1 spiro atoms. The Bertz CT molecular complexity index is 479. The number of carbonyl (C=O) groups is 1. The van der Waals surface area contributed by atoms with E-state index in [1.807, 2.05) is 30.3 Å². The summed E-state index contributed by atoms with van der Waals surface area (Å²) in [5, 5.41) is 0. The molecule has 1 aromatic rings. The zero-order chi connectivity index (χ0) is 11.2. The van der Waals surface area contributed by atoms with Crippen LogP contribution in [0.3, 0.4) is 0 Å². The first kappa shape index (κ1) is 9.79. The van der Waals surface area contributed by atoms with Gasteiger partial charge in [-0.3, -0.25) is 4.79 Å². The number of benzene rings is 1. The second kappa shape index (κ2) is 3.29. The SMILES string of the molecule is CC1=CC2(CCCO2)C(=O)c2ccccc21. The summed E-state index contributed by atoms with van der Waals surface area (Å²) in [6, 6.07) is 7.79. The van der Waals surface area contributed by atoms with Crippen molar-refractivity contribution in [2.45, 2.75) is 25.4 Å². The van der Waals surface area contributed by atoms with Crippen molar-refractivity contribution in [3.63, 3.8) is 0 Å². The van der Waals surface area contributed by atoms with Gasteiger partial charge in [-0.05, 0) is 37.0 Å². The van der Waals surface area contributed by atoms with Gasteiger partial charge in [0, 0.05) is 12.2 Å². The molecule has 1 aliphatic carbocycles. The Morgan fingerprint density at radius 2 is 2.00 bits per heavy atom. The van der Waals surface area contributed by atoms with E-state index in [9.17, 15) is 4.79 Å². The summed E-state index contributed by atoms with van der Waals surface area (Å²) in [7, 11) is 0. The Balaban J connectivity index is 2.19. The highest BCUT2D eigenvalue weighted by atomic mass is 16.5. The summed E-state index contributed by atoms with van der Waals surface area (Å²) in [5.74, 6) is 0.131. The van der Waals surface area contributed by atoms with E-state index in [0.29, 0.717) is 6.61 Å². The van der Waals surface area contributed by atoms with Gasteiger partial charge in [-0.1, -0.05) is 24.3 Å². The second-order valence-corrected chi connectivity index (χ2v) is 4.54. The minimum Gasteiger partial charge on any atom is -0.363 e. The Morgan fingerprint density at radius 1 is 1.25 bits per heavy atom. The zero-order valence-corrected chi connectivity index (χ0v) is 9.32. The summed E-state index contributed by atoms with van der Waals surface area (Å²) >= 11 is 0.